The molecule has 1 amide bonds. The Morgan fingerprint density at radius 1 is 1.39 bits per heavy atom. The van der Waals surface area contributed by atoms with Gasteiger partial charge in [0.1, 0.15) is 10.8 Å². The van der Waals surface area contributed by atoms with Crippen LogP contribution in [0.3, 0.4) is 0 Å². The molecule has 0 aliphatic carbocycles. The van der Waals surface area contributed by atoms with Gasteiger partial charge in [-0.15, -0.1) is 11.3 Å². The number of benzene rings is 1. The van der Waals surface area contributed by atoms with Crippen LogP contribution in [0.2, 0.25) is 0 Å². The van der Waals surface area contributed by atoms with E-state index in [-0.39, 0.29) is 17.8 Å². The van der Waals surface area contributed by atoms with Crippen LogP contribution in [0.4, 0.5) is 4.39 Å². The summed E-state index contributed by atoms with van der Waals surface area (Å²) in [5, 5.41) is 6.18. The molecule has 2 aromatic rings. The topological polar surface area (TPSA) is 45.2 Å². The lowest BCUT2D eigenvalue weighted by atomic mass is 10.1. The van der Waals surface area contributed by atoms with E-state index in [4.69, 9.17) is 0 Å². The summed E-state index contributed by atoms with van der Waals surface area (Å²) in [7, 11) is 0. The summed E-state index contributed by atoms with van der Waals surface area (Å²) in [5.74, 6) is 0.0285. The fourth-order valence-corrected chi connectivity index (χ4v) is 3.54. The normalized spacial score (nSPS) is 17.9. The SMILES string of the molecule is O=C1CCC(CCNCc2ccccc2F)N1Cc1nccs1. The van der Waals surface area contributed by atoms with Gasteiger partial charge in [-0.2, -0.15) is 0 Å². The van der Waals surface area contributed by atoms with Crippen molar-refractivity contribution in [1.29, 1.82) is 0 Å². The summed E-state index contributed by atoms with van der Waals surface area (Å²) < 4.78 is 13.5. The second kappa shape index (κ2) is 7.66. The number of nitrogens with zero attached hydrogens (tertiary/aromatic N) is 2. The summed E-state index contributed by atoms with van der Waals surface area (Å²) in [4.78, 5) is 18.2. The number of rotatable bonds is 7. The molecular formula is C17H20FN3OS. The summed E-state index contributed by atoms with van der Waals surface area (Å²) in [6, 6.07) is 7.04. The second-order valence-corrected chi connectivity index (χ2v) is 6.68. The molecule has 3 rings (SSSR count). The summed E-state index contributed by atoms with van der Waals surface area (Å²) in [6.45, 7) is 1.88. The molecule has 1 fully saturated rings. The number of hydrogen-bond donors (Lipinski definition) is 1. The van der Waals surface area contributed by atoms with Crippen molar-refractivity contribution >= 4 is 17.2 Å². The van der Waals surface area contributed by atoms with E-state index < -0.39 is 0 Å². The molecule has 1 aromatic heterocycles. The molecule has 1 N–H and O–H groups in total. The molecule has 0 bridgehead atoms. The summed E-state index contributed by atoms with van der Waals surface area (Å²) in [5.41, 5.74) is 0.676. The molecule has 6 heteroatoms. The lowest BCUT2D eigenvalue weighted by Gasteiger charge is -2.24. The first kappa shape index (κ1) is 16.1. The minimum absolute atomic E-state index is 0.179. The van der Waals surface area contributed by atoms with Crippen molar-refractivity contribution in [3.05, 3.63) is 52.2 Å². The predicted octanol–water partition coefficient (Wildman–Crippen LogP) is 2.95. The number of hydrogen-bond acceptors (Lipinski definition) is 4. The van der Waals surface area contributed by atoms with Crippen molar-refractivity contribution in [2.45, 2.75) is 38.4 Å². The molecule has 0 saturated carbocycles. The monoisotopic (exact) mass is 333 g/mol. The van der Waals surface area contributed by atoms with E-state index in [1.165, 1.54) is 6.07 Å². The largest absolute Gasteiger partial charge is 0.333 e. The van der Waals surface area contributed by atoms with Gasteiger partial charge in [0.2, 0.25) is 5.91 Å². The minimum atomic E-state index is -0.179. The van der Waals surface area contributed by atoms with Crippen LogP contribution in [0.1, 0.15) is 29.8 Å². The van der Waals surface area contributed by atoms with Crippen molar-refractivity contribution in [2.75, 3.05) is 6.54 Å². The quantitative estimate of drug-likeness (QED) is 0.793. The zero-order valence-electron chi connectivity index (χ0n) is 12.9. The Bertz CT molecular complexity index is 647. The third-order valence-corrected chi connectivity index (χ3v) is 4.93. The summed E-state index contributed by atoms with van der Waals surface area (Å²) in [6.07, 6.45) is 4.16. The number of aromatic nitrogens is 1. The van der Waals surface area contributed by atoms with E-state index in [0.717, 1.165) is 24.4 Å². The molecule has 122 valence electrons. The lowest BCUT2D eigenvalue weighted by Crippen LogP contribution is -2.34. The smallest absolute Gasteiger partial charge is 0.223 e. The Kier molecular flexibility index (Phi) is 5.35. The third kappa shape index (κ3) is 4.14. The van der Waals surface area contributed by atoms with Crippen molar-refractivity contribution in [3.63, 3.8) is 0 Å². The second-order valence-electron chi connectivity index (χ2n) is 5.70. The van der Waals surface area contributed by atoms with Gasteiger partial charge < -0.3 is 10.2 Å². The maximum Gasteiger partial charge on any atom is 0.223 e. The van der Waals surface area contributed by atoms with Crippen molar-refractivity contribution in [1.82, 2.24) is 15.2 Å². The van der Waals surface area contributed by atoms with Crippen molar-refractivity contribution in [2.24, 2.45) is 0 Å². The first-order chi connectivity index (χ1) is 11.2. The standard InChI is InChI=1S/C17H20FN3OS/c18-15-4-2-1-3-13(15)11-19-8-7-14-5-6-17(22)21(14)12-16-20-9-10-23-16/h1-4,9-10,14,19H,5-8,11-12H2. The number of carbonyl (C=O) groups is 1. The Morgan fingerprint density at radius 3 is 3.04 bits per heavy atom. The van der Waals surface area contributed by atoms with Crippen LogP contribution in [0.5, 0.6) is 0 Å². The van der Waals surface area contributed by atoms with Gasteiger partial charge in [-0.3, -0.25) is 4.79 Å². The van der Waals surface area contributed by atoms with Gasteiger partial charge in [-0.25, -0.2) is 9.37 Å². The molecule has 0 radical (unpaired) electrons. The number of likely N-dealkylation sites (tertiary alicyclic amines) is 1. The van der Waals surface area contributed by atoms with Crippen LogP contribution in [-0.2, 0) is 17.9 Å². The van der Waals surface area contributed by atoms with Crippen LogP contribution in [0.25, 0.3) is 0 Å². The third-order valence-electron chi connectivity index (χ3n) is 4.17. The maximum absolute atomic E-state index is 13.5. The molecular weight excluding hydrogens is 313 g/mol. The van der Waals surface area contributed by atoms with E-state index in [2.05, 4.69) is 10.3 Å². The molecule has 1 aromatic carbocycles. The number of carbonyl (C=O) groups excluding carboxylic acids is 1. The van der Waals surface area contributed by atoms with Crippen molar-refractivity contribution < 1.29 is 9.18 Å². The Hall–Kier alpha value is -1.79. The van der Waals surface area contributed by atoms with Gasteiger partial charge >= 0.3 is 0 Å². The van der Waals surface area contributed by atoms with Crippen LogP contribution in [0, 0.1) is 5.82 Å². The fraction of sp³-hybridized carbons (Fsp3) is 0.412. The number of nitrogens with one attached hydrogen (secondary N) is 1. The minimum Gasteiger partial charge on any atom is -0.333 e. The zero-order chi connectivity index (χ0) is 16.1. The highest BCUT2D eigenvalue weighted by Gasteiger charge is 2.30. The van der Waals surface area contributed by atoms with E-state index in [0.29, 0.717) is 25.1 Å². The molecule has 1 aliphatic rings. The van der Waals surface area contributed by atoms with Crippen LogP contribution >= 0.6 is 11.3 Å². The van der Waals surface area contributed by atoms with E-state index in [1.807, 2.05) is 16.3 Å². The van der Waals surface area contributed by atoms with E-state index in [1.54, 1.807) is 29.7 Å². The van der Waals surface area contributed by atoms with Gasteiger partial charge in [0.15, 0.2) is 0 Å². The van der Waals surface area contributed by atoms with Crippen LogP contribution in [0.15, 0.2) is 35.8 Å². The van der Waals surface area contributed by atoms with Gasteiger partial charge in [-0.1, -0.05) is 18.2 Å². The fourth-order valence-electron chi connectivity index (χ4n) is 2.92. The highest BCUT2D eigenvalue weighted by Crippen LogP contribution is 2.24. The molecule has 4 nitrogen and oxygen atoms in total. The molecule has 1 saturated heterocycles. The van der Waals surface area contributed by atoms with E-state index >= 15 is 0 Å². The highest BCUT2D eigenvalue weighted by atomic mass is 32.1. The van der Waals surface area contributed by atoms with Gasteiger partial charge in [0, 0.05) is 36.1 Å². The molecule has 1 atom stereocenters. The average molecular weight is 333 g/mol. The molecule has 2 heterocycles. The maximum atomic E-state index is 13.5. The van der Waals surface area contributed by atoms with Gasteiger partial charge in [-0.05, 0) is 25.5 Å². The Labute approximate surface area is 139 Å². The van der Waals surface area contributed by atoms with Crippen molar-refractivity contribution in [3.8, 4) is 0 Å². The first-order valence-electron chi connectivity index (χ1n) is 7.86. The molecule has 1 aliphatic heterocycles. The van der Waals surface area contributed by atoms with E-state index in [9.17, 15) is 9.18 Å². The molecule has 1 unspecified atom stereocenters. The van der Waals surface area contributed by atoms with Crippen LogP contribution < -0.4 is 5.32 Å². The van der Waals surface area contributed by atoms with Gasteiger partial charge in [0.25, 0.3) is 0 Å². The summed E-state index contributed by atoms with van der Waals surface area (Å²) >= 11 is 1.58. The number of halogens is 1. The van der Waals surface area contributed by atoms with Crippen LogP contribution in [-0.4, -0.2) is 28.4 Å². The molecule has 0 spiro atoms. The number of amides is 1. The number of thiazole rings is 1. The predicted molar refractivity (Wildman–Crippen MR) is 88.4 cm³/mol. The average Bonchev–Trinajstić information content (AvgIpc) is 3.18. The highest BCUT2D eigenvalue weighted by molar-refractivity contribution is 7.09. The lowest BCUT2D eigenvalue weighted by molar-refractivity contribution is -0.129. The Morgan fingerprint density at radius 2 is 2.26 bits per heavy atom. The van der Waals surface area contributed by atoms with Gasteiger partial charge in [0.05, 0.1) is 6.54 Å². The zero-order valence-corrected chi connectivity index (χ0v) is 13.7. The molecule has 23 heavy (non-hydrogen) atoms. The Balaban J connectivity index is 1.47. The first-order valence-corrected chi connectivity index (χ1v) is 8.74.